The quantitative estimate of drug-likeness (QED) is 0.333. The first-order valence-corrected chi connectivity index (χ1v) is 3.32. The smallest absolute Gasteiger partial charge is 0.333 e. The molecule has 0 bridgehead atoms. The molecule has 0 saturated heterocycles. The fourth-order valence-electron chi connectivity index (χ4n) is 0.269. The van der Waals surface area contributed by atoms with Crippen LogP contribution < -0.4 is 0 Å². The first-order chi connectivity index (χ1) is 4.04. The van der Waals surface area contributed by atoms with Crippen molar-refractivity contribution in [1.82, 2.24) is 0 Å². The lowest BCUT2D eigenvalue weighted by molar-refractivity contribution is -0.139. The summed E-state index contributed by atoms with van der Waals surface area (Å²) in [5.74, 6) is -0.466. The maximum atomic E-state index is 10.6. The molecule has 52 valence electrons. The summed E-state index contributed by atoms with van der Waals surface area (Å²) in [5, 5.41) is 0. The van der Waals surface area contributed by atoms with E-state index in [2.05, 4.69) is 15.8 Å². The van der Waals surface area contributed by atoms with Gasteiger partial charge in [-0.3, -0.25) is 0 Å². The van der Waals surface area contributed by atoms with Crippen molar-refractivity contribution in [2.75, 3.05) is 0 Å². The third-order valence-corrected chi connectivity index (χ3v) is 0.777. The lowest BCUT2D eigenvalue weighted by Crippen LogP contribution is -2.08. The topological polar surface area (TPSA) is 26.3 Å². The van der Waals surface area contributed by atoms with Crippen molar-refractivity contribution in [3.8, 4) is 0 Å². The Morgan fingerprint density at radius 3 is 2.33 bits per heavy atom. The van der Waals surface area contributed by atoms with Gasteiger partial charge in [-0.15, -0.1) is 0 Å². The van der Waals surface area contributed by atoms with Crippen molar-refractivity contribution in [1.29, 1.82) is 0 Å². The average Bonchev–Trinajstić information content (AvgIpc) is 1.63. The Bertz CT molecular complexity index is 129. The third-order valence-electron chi connectivity index (χ3n) is 0.641. The fraction of sp³-hybridized carbons (Fsp3) is 0.500. The highest BCUT2D eigenvalue weighted by atomic mass is 31.0. The molecule has 0 aliphatic carbocycles. The molecule has 0 radical (unpaired) electrons. The molecule has 0 aromatic rings. The summed E-state index contributed by atoms with van der Waals surface area (Å²) < 4.78 is 4.74. The summed E-state index contributed by atoms with van der Waals surface area (Å²) in [6.45, 7) is 6.81. The number of carbonyl (C=O) groups excluding carboxylic acids is 1. The number of hydrogen-bond acceptors (Lipinski definition) is 2. The third kappa shape index (κ3) is 4.16. The van der Waals surface area contributed by atoms with Crippen LogP contribution in [0.15, 0.2) is 12.2 Å². The van der Waals surface area contributed by atoms with E-state index in [1.165, 1.54) is 0 Å². The van der Waals surface area contributed by atoms with Crippen LogP contribution in [-0.2, 0) is 9.53 Å². The van der Waals surface area contributed by atoms with Gasteiger partial charge in [0.05, 0.1) is 0 Å². The van der Waals surface area contributed by atoms with Crippen molar-refractivity contribution in [3.63, 3.8) is 0 Å². The Hall–Kier alpha value is -0.360. The van der Waals surface area contributed by atoms with E-state index >= 15 is 0 Å². The van der Waals surface area contributed by atoms with Gasteiger partial charge in [-0.05, 0) is 13.8 Å². The summed E-state index contributed by atoms with van der Waals surface area (Å²) in [4.78, 5) is 10.6. The second-order valence-electron chi connectivity index (χ2n) is 1.89. The Kier molecular flexibility index (Phi) is 3.48. The van der Waals surface area contributed by atoms with Crippen LogP contribution in [0.3, 0.4) is 0 Å². The molecule has 0 aromatic carbocycles. The number of ether oxygens (including phenoxy) is 1. The van der Waals surface area contributed by atoms with Gasteiger partial charge in [0.1, 0.15) is 5.85 Å². The highest BCUT2D eigenvalue weighted by Gasteiger charge is 2.03. The van der Waals surface area contributed by atoms with Crippen molar-refractivity contribution in [3.05, 3.63) is 12.2 Å². The number of rotatable bonds is 2. The molecule has 0 saturated carbocycles. The summed E-state index contributed by atoms with van der Waals surface area (Å²) >= 11 is 0. The predicted molar refractivity (Wildman–Crippen MR) is 40.1 cm³/mol. The maximum Gasteiger partial charge on any atom is 0.333 e. The standard InChI is InChI=1S/C6H11O2P/c1-4(2)6(7)8-5(3)9/h5H,1,9H2,2-3H3. The number of carbonyl (C=O) groups is 1. The SMILES string of the molecule is C=C(C)C(=O)OC(C)P. The van der Waals surface area contributed by atoms with E-state index in [0.717, 1.165) is 0 Å². The van der Waals surface area contributed by atoms with Gasteiger partial charge in [-0.1, -0.05) is 15.8 Å². The summed E-state index contributed by atoms with van der Waals surface area (Å²) in [6, 6.07) is 0. The minimum atomic E-state index is -0.336. The predicted octanol–water partition coefficient (Wildman–Crippen LogP) is 1.33. The average molecular weight is 146 g/mol. The van der Waals surface area contributed by atoms with Crippen molar-refractivity contribution in [2.24, 2.45) is 0 Å². The molecule has 0 spiro atoms. The first kappa shape index (κ1) is 8.64. The van der Waals surface area contributed by atoms with E-state index in [-0.39, 0.29) is 11.8 Å². The van der Waals surface area contributed by atoms with Crippen LogP contribution in [0, 0.1) is 0 Å². The number of esters is 1. The molecule has 2 nitrogen and oxygen atoms in total. The molecule has 2 unspecified atom stereocenters. The van der Waals surface area contributed by atoms with Crippen LogP contribution in [0.25, 0.3) is 0 Å². The highest BCUT2D eigenvalue weighted by molar-refractivity contribution is 7.17. The Balaban J connectivity index is 3.65. The minimum Gasteiger partial charge on any atom is -0.455 e. The summed E-state index contributed by atoms with van der Waals surface area (Å²) in [5.41, 5.74) is 0.435. The molecule has 0 aliphatic rings. The van der Waals surface area contributed by atoms with Gasteiger partial charge in [0.15, 0.2) is 0 Å². The molecule has 0 fully saturated rings. The van der Waals surface area contributed by atoms with E-state index < -0.39 is 0 Å². The van der Waals surface area contributed by atoms with Crippen LogP contribution in [0.2, 0.25) is 0 Å². The molecule has 0 aromatic heterocycles. The summed E-state index contributed by atoms with van der Waals surface area (Å²) in [6.07, 6.45) is 0. The highest BCUT2D eigenvalue weighted by Crippen LogP contribution is 2.03. The molecule has 0 rings (SSSR count). The molecular weight excluding hydrogens is 135 g/mol. The van der Waals surface area contributed by atoms with E-state index in [0.29, 0.717) is 5.57 Å². The second kappa shape index (κ2) is 3.62. The van der Waals surface area contributed by atoms with E-state index in [1.807, 2.05) is 0 Å². The maximum absolute atomic E-state index is 10.6. The Morgan fingerprint density at radius 2 is 2.22 bits per heavy atom. The van der Waals surface area contributed by atoms with E-state index in [4.69, 9.17) is 4.74 Å². The minimum absolute atomic E-state index is 0.130. The Morgan fingerprint density at radius 1 is 1.78 bits per heavy atom. The zero-order valence-electron chi connectivity index (χ0n) is 5.68. The largest absolute Gasteiger partial charge is 0.455 e. The Labute approximate surface area is 57.5 Å². The first-order valence-electron chi connectivity index (χ1n) is 2.66. The van der Waals surface area contributed by atoms with Crippen LogP contribution in [-0.4, -0.2) is 11.8 Å². The van der Waals surface area contributed by atoms with Crippen molar-refractivity contribution >= 4 is 15.2 Å². The van der Waals surface area contributed by atoms with Crippen LogP contribution in [0.4, 0.5) is 0 Å². The van der Waals surface area contributed by atoms with E-state index in [9.17, 15) is 4.79 Å². The van der Waals surface area contributed by atoms with Crippen LogP contribution in [0.1, 0.15) is 13.8 Å². The van der Waals surface area contributed by atoms with Crippen molar-refractivity contribution < 1.29 is 9.53 Å². The van der Waals surface area contributed by atoms with Crippen LogP contribution >= 0.6 is 9.24 Å². The van der Waals surface area contributed by atoms with Gasteiger partial charge in [-0.2, -0.15) is 0 Å². The van der Waals surface area contributed by atoms with Gasteiger partial charge < -0.3 is 4.74 Å². The van der Waals surface area contributed by atoms with Gasteiger partial charge in [0.2, 0.25) is 0 Å². The molecule has 3 heteroatoms. The molecule has 0 amide bonds. The zero-order valence-corrected chi connectivity index (χ0v) is 6.83. The molecule has 0 heterocycles. The van der Waals surface area contributed by atoms with Gasteiger partial charge in [0, 0.05) is 5.57 Å². The molecule has 0 N–H and O–H groups in total. The number of hydrogen-bond donors (Lipinski definition) is 0. The monoisotopic (exact) mass is 146 g/mol. The lowest BCUT2D eigenvalue weighted by Gasteiger charge is -2.05. The van der Waals surface area contributed by atoms with Crippen LogP contribution in [0.5, 0.6) is 0 Å². The fourth-order valence-corrected chi connectivity index (χ4v) is 0.393. The van der Waals surface area contributed by atoms with Gasteiger partial charge >= 0.3 is 5.97 Å². The molecule has 0 aliphatic heterocycles. The normalized spacial score (nSPS) is 12.3. The van der Waals surface area contributed by atoms with Gasteiger partial charge in [0.25, 0.3) is 0 Å². The molecular formula is C6H11O2P. The molecule has 2 atom stereocenters. The van der Waals surface area contributed by atoms with Crippen molar-refractivity contribution in [2.45, 2.75) is 19.7 Å². The van der Waals surface area contributed by atoms with E-state index in [1.54, 1.807) is 13.8 Å². The molecule has 9 heavy (non-hydrogen) atoms. The summed E-state index contributed by atoms with van der Waals surface area (Å²) in [7, 11) is 2.36. The lowest BCUT2D eigenvalue weighted by atomic mass is 10.4. The second-order valence-corrected chi connectivity index (χ2v) is 2.83. The van der Waals surface area contributed by atoms with Gasteiger partial charge in [-0.25, -0.2) is 4.79 Å². The zero-order chi connectivity index (χ0) is 7.44.